The Bertz CT molecular complexity index is 868. The monoisotopic (exact) mass is 336 g/mol. The van der Waals surface area contributed by atoms with Crippen molar-refractivity contribution in [3.05, 3.63) is 60.4 Å². The molecule has 128 valence electrons. The van der Waals surface area contributed by atoms with Gasteiger partial charge in [-0.25, -0.2) is 9.97 Å². The number of anilines is 4. The van der Waals surface area contributed by atoms with Gasteiger partial charge in [0.1, 0.15) is 29.5 Å². The fourth-order valence-corrected chi connectivity index (χ4v) is 2.44. The lowest BCUT2D eigenvalue weighted by Crippen LogP contribution is -2.01. The summed E-state index contributed by atoms with van der Waals surface area (Å²) in [6.45, 7) is 2.03. The second kappa shape index (κ2) is 7.53. The first-order valence-electron chi connectivity index (χ1n) is 7.83. The Kier molecular flexibility index (Phi) is 4.99. The molecule has 2 N–H and O–H groups in total. The molecule has 25 heavy (non-hydrogen) atoms. The van der Waals surface area contributed by atoms with Gasteiger partial charge in [0.15, 0.2) is 0 Å². The summed E-state index contributed by atoms with van der Waals surface area (Å²) < 4.78 is 10.7. The van der Waals surface area contributed by atoms with Crippen molar-refractivity contribution in [1.82, 2.24) is 9.97 Å². The number of aryl methyl sites for hydroxylation is 1. The molecule has 0 saturated heterocycles. The van der Waals surface area contributed by atoms with Crippen LogP contribution < -0.4 is 20.1 Å². The molecule has 0 spiro atoms. The molecule has 0 amide bonds. The zero-order valence-electron chi connectivity index (χ0n) is 14.4. The molecule has 0 aliphatic rings. The molecule has 0 bridgehead atoms. The Morgan fingerprint density at radius 2 is 1.40 bits per heavy atom. The molecular weight excluding hydrogens is 316 g/mol. The standard InChI is InChI=1S/C19H20N4O2/c1-13-8-9-17(25-3)15(10-13)23-19-11-18(20-12-21-19)22-14-6-4-5-7-16(14)24-2/h4-12H,1-3H3,(H2,20,21,22,23). The molecule has 0 fully saturated rings. The van der Waals surface area contributed by atoms with Crippen LogP contribution in [0, 0.1) is 6.92 Å². The zero-order chi connectivity index (χ0) is 17.6. The van der Waals surface area contributed by atoms with Crippen LogP contribution in [0.4, 0.5) is 23.0 Å². The molecular formula is C19H20N4O2. The van der Waals surface area contributed by atoms with Gasteiger partial charge in [0.05, 0.1) is 25.6 Å². The van der Waals surface area contributed by atoms with E-state index in [1.807, 2.05) is 55.5 Å². The highest BCUT2D eigenvalue weighted by molar-refractivity contribution is 5.69. The molecule has 2 aromatic carbocycles. The Morgan fingerprint density at radius 3 is 2.12 bits per heavy atom. The van der Waals surface area contributed by atoms with Crippen LogP contribution in [-0.2, 0) is 0 Å². The minimum absolute atomic E-state index is 0.661. The molecule has 0 unspecified atom stereocenters. The van der Waals surface area contributed by atoms with Crippen LogP contribution in [0.25, 0.3) is 0 Å². The SMILES string of the molecule is COc1ccccc1Nc1cc(Nc2cc(C)ccc2OC)ncn1. The van der Waals surface area contributed by atoms with Gasteiger partial charge >= 0.3 is 0 Å². The summed E-state index contributed by atoms with van der Waals surface area (Å²) >= 11 is 0. The molecule has 0 radical (unpaired) electrons. The largest absolute Gasteiger partial charge is 0.495 e. The highest BCUT2D eigenvalue weighted by atomic mass is 16.5. The van der Waals surface area contributed by atoms with Crippen LogP contribution in [-0.4, -0.2) is 24.2 Å². The number of hydrogen-bond acceptors (Lipinski definition) is 6. The molecule has 0 aliphatic heterocycles. The van der Waals surface area contributed by atoms with Crippen molar-refractivity contribution in [3.8, 4) is 11.5 Å². The smallest absolute Gasteiger partial charge is 0.142 e. The third-order valence-corrected chi connectivity index (χ3v) is 3.65. The Labute approximate surface area is 146 Å². The van der Waals surface area contributed by atoms with Gasteiger partial charge in [-0.05, 0) is 36.8 Å². The first-order chi connectivity index (χ1) is 12.2. The summed E-state index contributed by atoms with van der Waals surface area (Å²) in [7, 11) is 3.28. The molecule has 0 atom stereocenters. The van der Waals surface area contributed by atoms with Crippen molar-refractivity contribution >= 4 is 23.0 Å². The third-order valence-electron chi connectivity index (χ3n) is 3.65. The minimum atomic E-state index is 0.661. The average Bonchev–Trinajstić information content (AvgIpc) is 2.63. The predicted molar refractivity (Wildman–Crippen MR) is 99.3 cm³/mol. The van der Waals surface area contributed by atoms with Crippen molar-refractivity contribution in [2.45, 2.75) is 6.92 Å². The molecule has 1 heterocycles. The molecule has 6 heteroatoms. The van der Waals surface area contributed by atoms with Crippen LogP contribution in [0.2, 0.25) is 0 Å². The molecule has 3 aromatic rings. The van der Waals surface area contributed by atoms with Crippen molar-refractivity contribution in [2.24, 2.45) is 0 Å². The van der Waals surface area contributed by atoms with Gasteiger partial charge in [-0.2, -0.15) is 0 Å². The maximum absolute atomic E-state index is 5.39. The first kappa shape index (κ1) is 16.6. The second-order valence-electron chi connectivity index (χ2n) is 5.44. The van der Waals surface area contributed by atoms with Crippen molar-refractivity contribution in [3.63, 3.8) is 0 Å². The lowest BCUT2D eigenvalue weighted by atomic mass is 10.2. The van der Waals surface area contributed by atoms with E-state index in [0.717, 1.165) is 28.4 Å². The number of hydrogen-bond donors (Lipinski definition) is 2. The first-order valence-corrected chi connectivity index (χ1v) is 7.83. The highest BCUT2D eigenvalue weighted by Gasteiger charge is 2.07. The van der Waals surface area contributed by atoms with E-state index in [1.54, 1.807) is 14.2 Å². The van der Waals surface area contributed by atoms with E-state index < -0.39 is 0 Å². The summed E-state index contributed by atoms with van der Waals surface area (Å²) in [6, 6.07) is 15.4. The third kappa shape index (κ3) is 3.98. The molecule has 0 saturated carbocycles. The van der Waals surface area contributed by atoms with Crippen LogP contribution in [0.1, 0.15) is 5.56 Å². The van der Waals surface area contributed by atoms with Crippen molar-refractivity contribution in [2.75, 3.05) is 24.9 Å². The molecule has 1 aromatic heterocycles. The molecule has 3 rings (SSSR count). The highest BCUT2D eigenvalue weighted by Crippen LogP contribution is 2.30. The Morgan fingerprint density at radius 1 is 0.760 bits per heavy atom. The van der Waals surface area contributed by atoms with E-state index in [4.69, 9.17) is 9.47 Å². The van der Waals surface area contributed by atoms with Crippen molar-refractivity contribution in [1.29, 1.82) is 0 Å². The van der Waals surface area contributed by atoms with Gasteiger partial charge in [0.25, 0.3) is 0 Å². The second-order valence-corrected chi connectivity index (χ2v) is 5.44. The summed E-state index contributed by atoms with van der Waals surface area (Å²) in [4.78, 5) is 8.54. The average molecular weight is 336 g/mol. The van der Waals surface area contributed by atoms with Crippen LogP contribution in [0.5, 0.6) is 11.5 Å². The number of rotatable bonds is 6. The Balaban J connectivity index is 1.84. The van der Waals surface area contributed by atoms with E-state index in [1.165, 1.54) is 6.33 Å². The van der Waals surface area contributed by atoms with Gasteiger partial charge in [-0.1, -0.05) is 18.2 Å². The van der Waals surface area contributed by atoms with E-state index >= 15 is 0 Å². The summed E-state index contributed by atoms with van der Waals surface area (Å²) in [5, 5.41) is 6.51. The van der Waals surface area contributed by atoms with Crippen LogP contribution in [0.3, 0.4) is 0 Å². The normalized spacial score (nSPS) is 10.2. The number of nitrogens with zero attached hydrogens (tertiary/aromatic N) is 2. The molecule has 6 nitrogen and oxygen atoms in total. The zero-order valence-corrected chi connectivity index (χ0v) is 14.4. The van der Waals surface area contributed by atoms with Gasteiger partial charge in [-0.3, -0.25) is 0 Å². The molecule has 0 aliphatic carbocycles. The van der Waals surface area contributed by atoms with E-state index in [2.05, 4.69) is 20.6 Å². The van der Waals surface area contributed by atoms with E-state index in [-0.39, 0.29) is 0 Å². The topological polar surface area (TPSA) is 68.3 Å². The van der Waals surface area contributed by atoms with Crippen LogP contribution >= 0.6 is 0 Å². The van der Waals surface area contributed by atoms with Gasteiger partial charge < -0.3 is 20.1 Å². The lowest BCUT2D eigenvalue weighted by Gasteiger charge is -2.13. The van der Waals surface area contributed by atoms with Gasteiger partial charge in [0.2, 0.25) is 0 Å². The maximum Gasteiger partial charge on any atom is 0.142 e. The van der Waals surface area contributed by atoms with Gasteiger partial charge in [0, 0.05) is 6.07 Å². The summed E-state index contributed by atoms with van der Waals surface area (Å²) in [6.07, 6.45) is 1.50. The fourth-order valence-electron chi connectivity index (χ4n) is 2.44. The number of aromatic nitrogens is 2. The summed E-state index contributed by atoms with van der Waals surface area (Å²) in [5.41, 5.74) is 2.82. The van der Waals surface area contributed by atoms with Crippen LogP contribution in [0.15, 0.2) is 54.9 Å². The number of nitrogens with one attached hydrogen (secondary N) is 2. The number of methoxy groups -OCH3 is 2. The maximum atomic E-state index is 5.39. The van der Waals surface area contributed by atoms with E-state index in [0.29, 0.717) is 11.6 Å². The van der Waals surface area contributed by atoms with Gasteiger partial charge in [-0.15, -0.1) is 0 Å². The number of para-hydroxylation sites is 2. The fraction of sp³-hybridized carbons (Fsp3) is 0.158. The lowest BCUT2D eigenvalue weighted by molar-refractivity contribution is 0.416. The quantitative estimate of drug-likeness (QED) is 0.700. The number of ether oxygens (including phenoxy) is 2. The predicted octanol–water partition coefficient (Wildman–Crippen LogP) is 4.29. The Hall–Kier alpha value is -3.28. The summed E-state index contributed by atoms with van der Waals surface area (Å²) in [5.74, 6) is 2.82. The van der Waals surface area contributed by atoms with Crippen molar-refractivity contribution < 1.29 is 9.47 Å². The van der Waals surface area contributed by atoms with E-state index in [9.17, 15) is 0 Å². The minimum Gasteiger partial charge on any atom is -0.495 e. The number of benzene rings is 2.